The first-order valence-corrected chi connectivity index (χ1v) is 11.8. The first-order valence-electron chi connectivity index (χ1n) is 11.8. The summed E-state index contributed by atoms with van der Waals surface area (Å²) < 4.78 is 21.2. The maximum absolute atomic E-state index is 14.4. The van der Waals surface area contributed by atoms with Crippen LogP contribution in [0, 0.1) is 5.82 Å². The Labute approximate surface area is 218 Å². The van der Waals surface area contributed by atoms with Crippen LogP contribution in [-0.2, 0) is 9.53 Å². The highest BCUT2D eigenvalue weighted by Crippen LogP contribution is 2.31. The van der Waals surface area contributed by atoms with Crippen molar-refractivity contribution in [3.05, 3.63) is 90.5 Å². The number of halogens is 1. The Kier molecular flexibility index (Phi) is 7.61. The van der Waals surface area contributed by atoms with Gasteiger partial charge >= 0.3 is 6.09 Å². The SMILES string of the molecule is CC(C)(C)OC(=O)Nc1ccc(-c2ccccc2F)cc1NC(=O)CC(=O)c1ccccc1-n1ccnn1. The number of amides is 2. The first kappa shape index (κ1) is 26.2. The van der Waals surface area contributed by atoms with Gasteiger partial charge in [-0.25, -0.2) is 13.9 Å². The molecular weight excluding hydrogens is 489 g/mol. The van der Waals surface area contributed by atoms with Gasteiger partial charge in [-0.3, -0.25) is 14.9 Å². The van der Waals surface area contributed by atoms with Gasteiger partial charge in [-0.2, -0.15) is 0 Å². The summed E-state index contributed by atoms with van der Waals surface area (Å²) >= 11 is 0. The Balaban J connectivity index is 1.60. The zero-order chi connectivity index (χ0) is 27.3. The van der Waals surface area contributed by atoms with Crippen molar-refractivity contribution in [3.8, 4) is 16.8 Å². The maximum Gasteiger partial charge on any atom is 0.412 e. The number of anilines is 2. The molecule has 194 valence electrons. The number of ketones is 1. The van der Waals surface area contributed by atoms with Crippen LogP contribution in [0.1, 0.15) is 37.6 Å². The summed E-state index contributed by atoms with van der Waals surface area (Å²) in [5.74, 6) is -1.51. The lowest BCUT2D eigenvalue weighted by Crippen LogP contribution is -2.27. The van der Waals surface area contributed by atoms with Crippen LogP contribution in [0.4, 0.5) is 20.6 Å². The van der Waals surface area contributed by atoms with E-state index >= 15 is 0 Å². The molecule has 9 nitrogen and oxygen atoms in total. The van der Waals surface area contributed by atoms with E-state index in [1.807, 2.05) is 0 Å². The molecule has 0 aliphatic rings. The van der Waals surface area contributed by atoms with E-state index in [4.69, 9.17) is 4.74 Å². The molecule has 3 aromatic carbocycles. The molecule has 10 heteroatoms. The van der Waals surface area contributed by atoms with Gasteiger partial charge in [0.2, 0.25) is 5.91 Å². The van der Waals surface area contributed by atoms with Crippen molar-refractivity contribution >= 4 is 29.2 Å². The molecule has 2 N–H and O–H groups in total. The fourth-order valence-corrected chi connectivity index (χ4v) is 3.71. The summed E-state index contributed by atoms with van der Waals surface area (Å²) in [6, 6.07) is 17.6. The van der Waals surface area contributed by atoms with Crippen molar-refractivity contribution in [2.75, 3.05) is 10.6 Å². The van der Waals surface area contributed by atoms with Crippen molar-refractivity contribution in [2.24, 2.45) is 0 Å². The summed E-state index contributed by atoms with van der Waals surface area (Å²) in [5, 5.41) is 13.0. The molecule has 0 saturated carbocycles. The Hall–Kier alpha value is -4.86. The Morgan fingerprint density at radius 3 is 2.39 bits per heavy atom. The van der Waals surface area contributed by atoms with Crippen molar-refractivity contribution in [1.82, 2.24) is 15.0 Å². The summed E-state index contributed by atoms with van der Waals surface area (Å²) in [6.07, 6.45) is 1.86. The van der Waals surface area contributed by atoms with Crippen molar-refractivity contribution in [1.29, 1.82) is 0 Å². The van der Waals surface area contributed by atoms with Crippen LogP contribution in [0.3, 0.4) is 0 Å². The van der Waals surface area contributed by atoms with Gasteiger partial charge in [0.05, 0.1) is 35.9 Å². The third kappa shape index (κ3) is 6.47. The highest BCUT2D eigenvalue weighted by atomic mass is 19.1. The molecular formula is C28H26FN5O4. The first-order chi connectivity index (χ1) is 18.1. The largest absolute Gasteiger partial charge is 0.444 e. The molecule has 2 amide bonds. The minimum absolute atomic E-state index is 0.180. The van der Waals surface area contributed by atoms with Crippen LogP contribution < -0.4 is 10.6 Å². The smallest absolute Gasteiger partial charge is 0.412 e. The fraction of sp³-hybridized carbons (Fsp3) is 0.179. The van der Waals surface area contributed by atoms with E-state index < -0.39 is 35.6 Å². The second-order valence-corrected chi connectivity index (χ2v) is 9.38. The van der Waals surface area contributed by atoms with Crippen LogP contribution in [-0.4, -0.2) is 38.4 Å². The van der Waals surface area contributed by atoms with Gasteiger partial charge in [0.1, 0.15) is 11.4 Å². The molecule has 0 spiro atoms. The highest BCUT2D eigenvalue weighted by Gasteiger charge is 2.21. The average molecular weight is 516 g/mol. The van der Waals surface area contributed by atoms with Gasteiger partial charge < -0.3 is 10.1 Å². The van der Waals surface area contributed by atoms with Gasteiger partial charge in [0.15, 0.2) is 5.78 Å². The number of Topliss-reactive ketones (excluding diaryl/α,β-unsaturated/α-hetero) is 1. The van der Waals surface area contributed by atoms with E-state index in [0.717, 1.165) is 0 Å². The molecule has 0 unspecified atom stereocenters. The Morgan fingerprint density at radius 2 is 1.68 bits per heavy atom. The number of nitrogens with one attached hydrogen (secondary N) is 2. The van der Waals surface area contributed by atoms with Gasteiger partial charge in [0, 0.05) is 11.1 Å². The topological polar surface area (TPSA) is 115 Å². The fourth-order valence-electron chi connectivity index (χ4n) is 3.71. The zero-order valence-electron chi connectivity index (χ0n) is 21.1. The lowest BCUT2D eigenvalue weighted by Gasteiger charge is -2.21. The second-order valence-electron chi connectivity index (χ2n) is 9.38. The number of hydrogen-bond acceptors (Lipinski definition) is 6. The van der Waals surface area contributed by atoms with Gasteiger partial charge in [-0.1, -0.05) is 41.6 Å². The number of aromatic nitrogens is 3. The van der Waals surface area contributed by atoms with Crippen LogP contribution in [0.5, 0.6) is 0 Å². The lowest BCUT2D eigenvalue weighted by molar-refractivity contribution is -0.115. The van der Waals surface area contributed by atoms with Crippen LogP contribution in [0.2, 0.25) is 0 Å². The van der Waals surface area contributed by atoms with Crippen molar-refractivity contribution < 1.29 is 23.5 Å². The Bertz CT molecular complexity index is 1480. The van der Waals surface area contributed by atoms with E-state index in [0.29, 0.717) is 22.4 Å². The highest BCUT2D eigenvalue weighted by molar-refractivity contribution is 6.13. The standard InChI is InChI=1S/C28H26FN5O4/c1-28(2,3)38-27(37)32-22-13-12-18(19-8-4-6-10-21(19)29)16-23(22)31-26(36)17-25(35)20-9-5-7-11-24(20)34-15-14-30-33-34/h4-16H,17H2,1-3H3,(H,31,36)(H,32,37). The van der Waals surface area contributed by atoms with Crippen LogP contribution in [0.25, 0.3) is 16.8 Å². The molecule has 0 bridgehead atoms. The minimum Gasteiger partial charge on any atom is -0.444 e. The molecule has 1 heterocycles. The number of benzene rings is 3. The summed E-state index contributed by atoms with van der Waals surface area (Å²) in [6.45, 7) is 5.16. The Morgan fingerprint density at radius 1 is 0.947 bits per heavy atom. The molecule has 38 heavy (non-hydrogen) atoms. The summed E-state index contributed by atoms with van der Waals surface area (Å²) in [4.78, 5) is 38.5. The third-order valence-electron chi connectivity index (χ3n) is 5.31. The summed E-state index contributed by atoms with van der Waals surface area (Å²) in [5.41, 5.74) is 1.21. The molecule has 0 aliphatic carbocycles. The predicted octanol–water partition coefficient (Wildman–Crippen LogP) is 5.63. The number of hydrogen-bond donors (Lipinski definition) is 2. The maximum atomic E-state index is 14.4. The molecule has 4 aromatic rings. The van der Waals surface area contributed by atoms with Gasteiger partial charge in [-0.05, 0) is 56.7 Å². The quantitative estimate of drug-likeness (QED) is 0.243. The van der Waals surface area contributed by atoms with Crippen molar-refractivity contribution in [3.63, 3.8) is 0 Å². The molecule has 0 fully saturated rings. The van der Waals surface area contributed by atoms with Gasteiger partial charge in [0.25, 0.3) is 0 Å². The summed E-state index contributed by atoms with van der Waals surface area (Å²) in [7, 11) is 0. The molecule has 4 rings (SSSR count). The molecule has 0 aliphatic heterocycles. The second kappa shape index (κ2) is 11.0. The molecule has 0 saturated heterocycles. The molecule has 1 aromatic heterocycles. The number of ether oxygens (including phenoxy) is 1. The van der Waals surface area contributed by atoms with E-state index in [2.05, 4.69) is 20.9 Å². The van der Waals surface area contributed by atoms with Crippen molar-refractivity contribution in [2.45, 2.75) is 32.8 Å². The number of para-hydroxylation sites is 1. The van der Waals surface area contributed by atoms with E-state index in [-0.39, 0.29) is 11.4 Å². The molecule has 0 radical (unpaired) electrons. The van der Waals surface area contributed by atoms with Crippen LogP contribution >= 0.6 is 0 Å². The minimum atomic E-state index is -0.746. The molecule has 0 atom stereocenters. The average Bonchev–Trinajstić information content (AvgIpc) is 3.39. The van der Waals surface area contributed by atoms with E-state index in [1.54, 1.807) is 75.5 Å². The number of carbonyl (C=O) groups is 3. The van der Waals surface area contributed by atoms with E-state index in [1.165, 1.54) is 29.1 Å². The normalized spacial score (nSPS) is 11.1. The van der Waals surface area contributed by atoms with Crippen LogP contribution in [0.15, 0.2) is 79.1 Å². The number of nitrogens with zero attached hydrogens (tertiary/aromatic N) is 3. The predicted molar refractivity (Wildman–Crippen MR) is 141 cm³/mol. The number of carbonyl (C=O) groups excluding carboxylic acids is 3. The third-order valence-corrected chi connectivity index (χ3v) is 5.31. The van der Waals surface area contributed by atoms with E-state index in [9.17, 15) is 18.8 Å². The van der Waals surface area contributed by atoms with Gasteiger partial charge in [-0.15, -0.1) is 5.10 Å². The monoisotopic (exact) mass is 515 g/mol. The lowest BCUT2D eigenvalue weighted by atomic mass is 10.0. The zero-order valence-corrected chi connectivity index (χ0v) is 21.1. The number of rotatable bonds is 7.